The molecule has 0 atom stereocenters. The SMILES string of the molecule is O=C(c1ccc(F)cc1)N1CCN(C(=O)c2ccc(C(F)(F)F)cc2)CC1. The van der Waals surface area contributed by atoms with Crippen molar-refractivity contribution in [1.29, 1.82) is 0 Å². The van der Waals surface area contributed by atoms with Crippen molar-refractivity contribution in [3.8, 4) is 0 Å². The highest BCUT2D eigenvalue weighted by Crippen LogP contribution is 2.29. The summed E-state index contributed by atoms with van der Waals surface area (Å²) in [6, 6.07) is 9.27. The van der Waals surface area contributed by atoms with E-state index in [1.807, 2.05) is 0 Å². The van der Waals surface area contributed by atoms with Gasteiger partial charge in [-0.3, -0.25) is 9.59 Å². The molecule has 142 valence electrons. The molecule has 0 N–H and O–H groups in total. The third kappa shape index (κ3) is 4.27. The lowest BCUT2D eigenvalue weighted by Crippen LogP contribution is -2.50. The lowest BCUT2D eigenvalue weighted by atomic mass is 10.1. The lowest BCUT2D eigenvalue weighted by Gasteiger charge is -2.35. The molecular formula is C19H16F4N2O2. The number of benzene rings is 2. The van der Waals surface area contributed by atoms with E-state index < -0.39 is 17.6 Å². The minimum atomic E-state index is -4.45. The molecule has 1 heterocycles. The number of alkyl halides is 3. The molecule has 0 aromatic heterocycles. The monoisotopic (exact) mass is 380 g/mol. The van der Waals surface area contributed by atoms with E-state index in [0.717, 1.165) is 24.3 Å². The molecule has 8 heteroatoms. The van der Waals surface area contributed by atoms with E-state index in [9.17, 15) is 27.2 Å². The summed E-state index contributed by atoms with van der Waals surface area (Å²) in [4.78, 5) is 27.9. The summed E-state index contributed by atoms with van der Waals surface area (Å²) in [5, 5.41) is 0. The summed E-state index contributed by atoms with van der Waals surface area (Å²) >= 11 is 0. The maximum absolute atomic E-state index is 13.0. The van der Waals surface area contributed by atoms with Gasteiger partial charge >= 0.3 is 6.18 Å². The maximum Gasteiger partial charge on any atom is 0.416 e. The van der Waals surface area contributed by atoms with Crippen LogP contribution in [0, 0.1) is 5.82 Å². The first-order valence-electron chi connectivity index (χ1n) is 8.27. The zero-order chi connectivity index (χ0) is 19.6. The molecule has 0 aliphatic carbocycles. The zero-order valence-electron chi connectivity index (χ0n) is 14.2. The summed E-state index contributed by atoms with van der Waals surface area (Å²) in [6.45, 7) is 1.13. The van der Waals surface area contributed by atoms with Gasteiger partial charge in [0.15, 0.2) is 0 Å². The number of hydrogen-bond acceptors (Lipinski definition) is 2. The van der Waals surface area contributed by atoms with Crippen LogP contribution in [0.3, 0.4) is 0 Å². The molecule has 1 fully saturated rings. The quantitative estimate of drug-likeness (QED) is 0.749. The third-order valence-corrected chi connectivity index (χ3v) is 4.40. The van der Waals surface area contributed by atoms with Gasteiger partial charge in [-0.2, -0.15) is 13.2 Å². The Balaban J connectivity index is 1.60. The summed E-state index contributed by atoms with van der Waals surface area (Å²) in [5.41, 5.74) is -0.283. The fourth-order valence-electron chi connectivity index (χ4n) is 2.87. The van der Waals surface area contributed by atoms with Crippen LogP contribution in [0.1, 0.15) is 26.3 Å². The molecule has 2 aromatic carbocycles. The van der Waals surface area contributed by atoms with Gasteiger partial charge in [-0.25, -0.2) is 4.39 Å². The predicted octanol–water partition coefficient (Wildman–Crippen LogP) is 3.44. The largest absolute Gasteiger partial charge is 0.416 e. The average Bonchev–Trinajstić information content (AvgIpc) is 2.67. The highest BCUT2D eigenvalue weighted by atomic mass is 19.4. The van der Waals surface area contributed by atoms with Crippen LogP contribution in [0.5, 0.6) is 0 Å². The first-order valence-corrected chi connectivity index (χ1v) is 8.27. The van der Waals surface area contributed by atoms with Gasteiger partial charge in [-0.05, 0) is 48.5 Å². The predicted molar refractivity (Wildman–Crippen MR) is 89.7 cm³/mol. The van der Waals surface area contributed by atoms with Crippen molar-refractivity contribution in [2.75, 3.05) is 26.2 Å². The molecule has 1 aliphatic heterocycles. The Morgan fingerprint density at radius 2 is 1.07 bits per heavy atom. The molecule has 3 rings (SSSR count). The van der Waals surface area contributed by atoms with E-state index >= 15 is 0 Å². The van der Waals surface area contributed by atoms with Crippen LogP contribution in [0.25, 0.3) is 0 Å². The molecule has 2 aromatic rings. The molecular weight excluding hydrogens is 364 g/mol. The van der Waals surface area contributed by atoms with Crippen LogP contribution in [0.4, 0.5) is 17.6 Å². The fourth-order valence-corrected chi connectivity index (χ4v) is 2.87. The first-order chi connectivity index (χ1) is 12.8. The van der Waals surface area contributed by atoms with E-state index in [1.54, 1.807) is 4.90 Å². The number of rotatable bonds is 2. The Morgan fingerprint density at radius 3 is 1.44 bits per heavy atom. The highest BCUT2D eigenvalue weighted by molar-refractivity contribution is 5.96. The van der Waals surface area contributed by atoms with E-state index in [2.05, 4.69) is 0 Å². The Kier molecular flexibility index (Phi) is 5.16. The van der Waals surface area contributed by atoms with Crippen LogP contribution < -0.4 is 0 Å². The van der Waals surface area contributed by atoms with Gasteiger partial charge in [0.2, 0.25) is 0 Å². The van der Waals surface area contributed by atoms with Gasteiger partial charge in [0.05, 0.1) is 5.56 Å². The fraction of sp³-hybridized carbons (Fsp3) is 0.263. The standard InChI is InChI=1S/C19H16F4N2O2/c20-16-7-3-14(4-8-16)18(27)25-11-9-24(10-12-25)17(26)13-1-5-15(6-2-13)19(21,22)23/h1-8H,9-12H2. The van der Waals surface area contributed by atoms with Crippen LogP contribution in [-0.4, -0.2) is 47.8 Å². The van der Waals surface area contributed by atoms with Crippen LogP contribution in [0.2, 0.25) is 0 Å². The molecule has 2 amide bonds. The molecule has 0 radical (unpaired) electrons. The molecule has 0 unspecified atom stereocenters. The lowest BCUT2D eigenvalue weighted by molar-refractivity contribution is -0.137. The third-order valence-electron chi connectivity index (χ3n) is 4.40. The molecule has 1 saturated heterocycles. The Hall–Kier alpha value is -2.90. The minimum absolute atomic E-state index is 0.168. The van der Waals surface area contributed by atoms with Crippen molar-refractivity contribution in [3.63, 3.8) is 0 Å². The number of hydrogen-bond donors (Lipinski definition) is 0. The van der Waals surface area contributed by atoms with Crippen molar-refractivity contribution >= 4 is 11.8 Å². The van der Waals surface area contributed by atoms with Crippen molar-refractivity contribution < 1.29 is 27.2 Å². The number of piperazine rings is 1. The number of amides is 2. The maximum atomic E-state index is 13.0. The molecule has 1 aliphatic rings. The Labute approximate surface area is 153 Å². The second-order valence-corrected chi connectivity index (χ2v) is 6.17. The van der Waals surface area contributed by atoms with E-state index in [1.165, 1.54) is 29.2 Å². The number of carbonyl (C=O) groups is 2. The van der Waals surface area contributed by atoms with Gasteiger partial charge in [-0.1, -0.05) is 0 Å². The molecule has 0 spiro atoms. The van der Waals surface area contributed by atoms with Gasteiger partial charge in [0.1, 0.15) is 5.82 Å². The van der Waals surface area contributed by atoms with E-state index in [0.29, 0.717) is 18.7 Å². The number of halogens is 4. The molecule has 0 saturated carbocycles. The van der Waals surface area contributed by atoms with Gasteiger partial charge in [-0.15, -0.1) is 0 Å². The minimum Gasteiger partial charge on any atom is -0.335 e. The van der Waals surface area contributed by atoms with Crippen molar-refractivity contribution in [1.82, 2.24) is 9.80 Å². The van der Waals surface area contributed by atoms with E-state index in [-0.39, 0.29) is 30.5 Å². The Bertz CT molecular complexity index is 824. The first kappa shape index (κ1) is 18.9. The van der Waals surface area contributed by atoms with Crippen LogP contribution in [-0.2, 0) is 6.18 Å². The van der Waals surface area contributed by atoms with Crippen molar-refractivity contribution in [2.45, 2.75) is 6.18 Å². The van der Waals surface area contributed by atoms with E-state index in [4.69, 9.17) is 0 Å². The molecule has 0 bridgehead atoms. The van der Waals surface area contributed by atoms with Gasteiger partial charge in [0, 0.05) is 37.3 Å². The normalized spacial score (nSPS) is 15.0. The second-order valence-electron chi connectivity index (χ2n) is 6.17. The van der Waals surface area contributed by atoms with Gasteiger partial charge in [0.25, 0.3) is 11.8 Å². The highest BCUT2D eigenvalue weighted by Gasteiger charge is 2.31. The van der Waals surface area contributed by atoms with Crippen LogP contribution in [0.15, 0.2) is 48.5 Å². The number of carbonyl (C=O) groups excluding carboxylic acids is 2. The van der Waals surface area contributed by atoms with Crippen LogP contribution >= 0.6 is 0 Å². The Morgan fingerprint density at radius 1 is 0.704 bits per heavy atom. The molecule has 4 nitrogen and oxygen atoms in total. The van der Waals surface area contributed by atoms with Crippen molar-refractivity contribution in [3.05, 3.63) is 71.0 Å². The summed E-state index contributed by atoms with van der Waals surface area (Å²) in [6.07, 6.45) is -4.45. The van der Waals surface area contributed by atoms with Crippen molar-refractivity contribution in [2.24, 2.45) is 0 Å². The van der Waals surface area contributed by atoms with Gasteiger partial charge < -0.3 is 9.80 Å². The summed E-state index contributed by atoms with van der Waals surface area (Å²) < 4.78 is 50.8. The zero-order valence-corrected chi connectivity index (χ0v) is 14.2. The summed E-state index contributed by atoms with van der Waals surface area (Å²) in [7, 11) is 0. The molecule has 27 heavy (non-hydrogen) atoms. The smallest absolute Gasteiger partial charge is 0.335 e. The second kappa shape index (κ2) is 7.38. The topological polar surface area (TPSA) is 40.6 Å². The average molecular weight is 380 g/mol. The summed E-state index contributed by atoms with van der Waals surface area (Å²) in [5.74, 6) is -1.06. The number of nitrogens with zero attached hydrogens (tertiary/aromatic N) is 2.